The van der Waals surface area contributed by atoms with Gasteiger partial charge in [0.25, 0.3) is 0 Å². The zero-order chi connectivity index (χ0) is 12.2. The van der Waals surface area contributed by atoms with Crippen LogP contribution < -0.4 is 5.32 Å². The van der Waals surface area contributed by atoms with Crippen molar-refractivity contribution in [3.8, 4) is 0 Å². The van der Waals surface area contributed by atoms with Crippen LogP contribution in [0.25, 0.3) is 0 Å². The zero-order valence-electron chi connectivity index (χ0n) is 10.6. The SMILES string of the molecule is CC1CCCC(O)(CNC(=O)CN(C)C)C1. The van der Waals surface area contributed by atoms with Crippen molar-refractivity contribution in [2.24, 2.45) is 5.92 Å². The molecule has 94 valence electrons. The monoisotopic (exact) mass is 228 g/mol. The number of hydrogen-bond acceptors (Lipinski definition) is 3. The summed E-state index contributed by atoms with van der Waals surface area (Å²) in [5, 5.41) is 13.1. The van der Waals surface area contributed by atoms with Crippen LogP contribution in [0.2, 0.25) is 0 Å². The number of amides is 1. The molecule has 1 aliphatic carbocycles. The molecule has 2 N–H and O–H groups in total. The minimum atomic E-state index is -0.681. The standard InChI is InChI=1S/C12H24N2O2/c1-10-5-4-6-12(16,7-10)9-13-11(15)8-14(2)3/h10,16H,4-9H2,1-3H3,(H,13,15). The molecule has 0 bridgehead atoms. The lowest BCUT2D eigenvalue weighted by Crippen LogP contribution is -2.47. The highest BCUT2D eigenvalue weighted by molar-refractivity contribution is 5.78. The van der Waals surface area contributed by atoms with E-state index >= 15 is 0 Å². The fourth-order valence-corrected chi connectivity index (χ4v) is 2.40. The Hall–Kier alpha value is -0.610. The van der Waals surface area contributed by atoms with E-state index in [9.17, 15) is 9.90 Å². The first-order valence-electron chi connectivity index (χ1n) is 6.05. The molecule has 1 amide bonds. The second-order valence-electron chi connectivity index (χ2n) is 5.44. The lowest BCUT2D eigenvalue weighted by atomic mass is 9.79. The van der Waals surface area contributed by atoms with Crippen LogP contribution in [0.5, 0.6) is 0 Å². The number of aliphatic hydroxyl groups is 1. The average Bonchev–Trinajstić information content (AvgIpc) is 2.13. The molecule has 0 aromatic heterocycles. The Morgan fingerprint density at radius 3 is 2.81 bits per heavy atom. The predicted molar refractivity (Wildman–Crippen MR) is 64.1 cm³/mol. The van der Waals surface area contributed by atoms with Crippen molar-refractivity contribution in [2.75, 3.05) is 27.2 Å². The first-order valence-corrected chi connectivity index (χ1v) is 6.05. The molecular formula is C12H24N2O2. The van der Waals surface area contributed by atoms with E-state index in [1.54, 1.807) is 0 Å². The van der Waals surface area contributed by atoms with Crippen LogP contribution in [-0.4, -0.2) is 48.7 Å². The Kier molecular flexibility index (Phi) is 4.74. The van der Waals surface area contributed by atoms with Crippen molar-refractivity contribution < 1.29 is 9.90 Å². The van der Waals surface area contributed by atoms with Crippen molar-refractivity contribution in [2.45, 2.75) is 38.2 Å². The maximum Gasteiger partial charge on any atom is 0.234 e. The van der Waals surface area contributed by atoms with Gasteiger partial charge in [-0.15, -0.1) is 0 Å². The quantitative estimate of drug-likeness (QED) is 0.741. The number of hydrogen-bond donors (Lipinski definition) is 2. The lowest BCUT2D eigenvalue weighted by Gasteiger charge is -2.35. The van der Waals surface area contributed by atoms with Gasteiger partial charge in [0.15, 0.2) is 0 Å². The maximum atomic E-state index is 11.5. The summed E-state index contributed by atoms with van der Waals surface area (Å²) in [6.45, 7) is 2.93. The Morgan fingerprint density at radius 1 is 1.56 bits per heavy atom. The van der Waals surface area contributed by atoms with Crippen LogP contribution in [0.3, 0.4) is 0 Å². The molecule has 2 atom stereocenters. The van der Waals surface area contributed by atoms with E-state index in [0.29, 0.717) is 19.0 Å². The number of likely N-dealkylation sites (N-methyl/N-ethyl adjacent to an activating group) is 1. The fourth-order valence-electron chi connectivity index (χ4n) is 2.40. The van der Waals surface area contributed by atoms with Crippen LogP contribution in [0, 0.1) is 5.92 Å². The predicted octanol–water partition coefficient (Wildman–Crippen LogP) is 0.605. The molecule has 0 heterocycles. The molecule has 4 heteroatoms. The Bertz CT molecular complexity index is 243. The Labute approximate surface area is 98.0 Å². The molecule has 0 radical (unpaired) electrons. The third-order valence-electron chi connectivity index (χ3n) is 3.14. The molecule has 1 aliphatic rings. The van der Waals surface area contributed by atoms with E-state index < -0.39 is 5.60 Å². The van der Waals surface area contributed by atoms with Crippen LogP contribution in [-0.2, 0) is 4.79 Å². The number of rotatable bonds is 4. The molecule has 4 nitrogen and oxygen atoms in total. The normalized spacial score (nSPS) is 30.4. The third-order valence-corrected chi connectivity index (χ3v) is 3.14. The van der Waals surface area contributed by atoms with Gasteiger partial charge in [-0.25, -0.2) is 0 Å². The van der Waals surface area contributed by atoms with Gasteiger partial charge in [0.2, 0.25) is 5.91 Å². The molecule has 1 rings (SSSR count). The highest BCUT2D eigenvalue weighted by Crippen LogP contribution is 2.31. The number of nitrogens with zero attached hydrogens (tertiary/aromatic N) is 1. The van der Waals surface area contributed by atoms with Gasteiger partial charge in [0.05, 0.1) is 12.1 Å². The van der Waals surface area contributed by atoms with Crippen molar-refractivity contribution in [1.82, 2.24) is 10.2 Å². The number of carbonyl (C=O) groups excluding carboxylic acids is 1. The summed E-state index contributed by atoms with van der Waals surface area (Å²) < 4.78 is 0. The average molecular weight is 228 g/mol. The summed E-state index contributed by atoms with van der Waals surface area (Å²) in [5.41, 5.74) is -0.681. The van der Waals surface area contributed by atoms with Crippen molar-refractivity contribution in [3.05, 3.63) is 0 Å². The van der Waals surface area contributed by atoms with Gasteiger partial charge in [0, 0.05) is 6.54 Å². The summed E-state index contributed by atoms with van der Waals surface area (Å²) in [5.74, 6) is 0.543. The molecule has 0 aliphatic heterocycles. The molecule has 1 fully saturated rings. The van der Waals surface area contributed by atoms with Crippen molar-refractivity contribution in [3.63, 3.8) is 0 Å². The van der Waals surface area contributed by atoms with E-state index in [1.807, 2.05) is 19.0 Å². The third kappa shape index (κ3) is 4.49. The summed E-state index contributed by atoms with van der Waals surface area (Å²) in [7, 11) is 3.72. The van der Waals surface area contributed by atoms with E-state index in [2.05, 4.69) is 12.2 Å². The van der Waals surface area contributed by atoms with E-state index in [1.165, 1.54) is 6.42 Å². The molecular weight excluding hydrogens is 204 g/mol. The summed E-state index contributed by atoms with van der Waals surface area (Å²) in [6, 6.07) is 0. The van der Waals surface area contributed by atoms with Crippen molar-refractivity contribution >= 4 is 5.91 Å². The minimum Gasteiger partial charge on any atom is -0.388 e. The van der Waals surface area contributed by atoms with Gasteiger partial charge in [-0.05, 0) is 32.9 Å². The first kappa shape index (κ1) is 13.5. The molecule has 0 spiro atoms. The van der Waals surface area contributed by atoms with E-state index in [0.717, 1.165) is 19.3 Å². The van der Waals surface area contributed by atoms with E-state index in [4.69, 9.17) is 0 Å². The van der Waals surface area contributed by atoms with Crippen LogP contribution >= 0.6 is 0 Å². The topological polar surface area (TPSA) is 52.6 Å². The second-order valence-corrected chi connectivity index (χ2v) is 5.44. The molecule has 0 aromatic rings. The molecule has 0 aromatic carbocycles. The molecule has 2 unspecified atom stereocenters. The largest absolute Gasteiger partial charge is 0.388 e. The van der Waals surface area contributed by atoms with Crippen LogP contribution in [0.15, 0.2) is 0 Å². The first-order chi connectivity index (χ1) is 7.41. The van der Waals surface area contributed by atoms with Crippen molar-refractivity contribution in [1.29, 1.82) is 0 Å². The fraction of sp³-hybridized carbons (Fsp3) is 0.917. The van der Waals surface area contributed by atoms with Crippen LogP contribution in [0.4, 0.5) is 0 Å². The summed E-state index contributed by atoms with van der Waals surface area (Å²) in [6.07, 6.45) is 3.85. The van der Waals surface area contributed by atoms with Gasteiger partial charge in [-0.2, -0.15) is 0 Å². The number of nitrogens with one attached hydrogen (secondary N) is 1. The summed E-state index contributed by atoms with van der Waals surface area (Å²) in [4.78, 5) is 13.3. The van der Waals surface area contributed by atoms with Crippen LogP contribution in [0.1, 0.15) is 32.6 Å². The van der Waals surface area contributed by atoms with Gasteiger partial charge < -0.3 is 15.3 Å². The molecule has 16 heavy (non-hydrogen) atoms. The zero-order valence-corrected chi connectivity index (χ0v) is 10.6. The highest BCUT2D eigenvalue weighted by atomic mass is 16.3. The van der Waals surface area contributed by atoms with Gasteiger partial charge >= 0.3 is 0 Å². The Morgan fingerprint density at radius 2 is 2.25 bits per heavy atom. The summed E-state index contributed by atoms with van der Waals surface area (Å²) >= 11 is 0. The number of carbonyl (C=O) groups is 1. The molecule has 0 saturated heterocycles. The smallest absolute Gasteiger partial charge is 0.234 e. The maximum absolute atomic E-state index is 11.5. The van der Waals surface area contributed by atoms with Gasteiger partial charge in [-0.3, -0.25) is 4.79 Å². The minimum absolute atomic E-state index is 0.0170. The van der Waals surface area contributed by atoms with E-state index in [-0.39, 0.29) is 5.91 Å². The lowest BCUT2D eigenvalue weighted by molar-refractivity contribution is -0.123. The van der Waals surface area contributed by atoms with Gasteiger partial charge in [-0.1, -0.05) is 19.8 Å². The second kappa shape index (κ2) is 5.64. The van der Waals surface area contributed by atoms with Gasteiger partial charge in [0.1, 0.15) is 0 Å². The molecule has 1 saturated carbocycles. The highest BCUT2D eigenvalue weighted by Gasteiger charge is 2.32. The Balaban J connectivity index is 2.32.